The van der Waals surface area contributed by atoms with Crippen LogP contribution < -0.4 is 15.4 Å². The van der Waals surface area contributed by atoms with Crippen LogP contribution in [-0.2, 0) is 14.3 Å². The van der Waals surface area contributed by atoms with Gasteiger partial charge in [-0.1, -0.05) is 12.1 Å². The van der Waals surface area contributed by atoms with Crippen LogP contribution in [0.5, 0.6) is 5.75 Å². The molecule has 0 bridgehead atoms. The largest absolute Gasteiger partial charge is 0.452 e. The predicted molar refractivity (Wildman–Crippen MR) is 102 cm³/mol. The molecule has 2 rings (SSSR count). The van der Waals surface area contributed by atoms with Crippen molar-refractivity contribution in [2.45, 2.75) is 6.61 Å². The van der Waals surface area contributed by atoms with Gasteiger partial charge in [0.05, 0.1) is 0 Å². The monoisotopic (exact) mass is 404 g/mol. The van der Waals surface area contributed by atoms with Crippen LogP contribution in [0.3, 0.4) is 0 Å². The maximum absolute atomic E-state index is 12.1. The number of nitrogens with one attached hydrogen (secondary N) is 2. The fraction of sp³-hybridized carbons (Fsp3) is 0.150. The highest BCUT2D eigenvalue weighted by molar-refractivity contribution is 5.96. The molecule has 0 spiro atoms. The summed E-state index contributed by atoms with van der Waals surface area (Å²) < 4.78 is 33.2. The van der Waals surface area contributed by atoms with Gasteiger partial charge in [0.25, 0.3) is 11.8 Å². The molecule has 0 fully saturated rings. The lowest BCUT2D eigenvalue weighted by Crippen LogP contribution is -2.20. The van der Waals surface area contributed by atoms with Crippen LogP contribution in [0.25, 0.3) is 6.08 Å². The molecule has 0 aromatic heterocycles. The van der Waals surface area contributed by atoms with Crippen molar-refractivity contribution in [1.82, 2.24) is 5.32 Å². The quantitative estimate of drug-likeness (QED) is 0.521. The molecule has 0 aliphatic heterocycles. The van der Waals surface area contributed by atoms with E-state index < -0.39 is 25.1 Å². The average Bonchev–Trinajstić information content (AvgIpc) is 2.71. The van der Waals surface area contributed by atoms with Gasteiger partial charge in [-0.15, -0.1) is 0 Å². The number of ether oxygens (including phenoxy) is 2. The third-order valence-corrected chi connectivity index (χ3v) is 3.52. The lowest BCUT2D eigenvalue weighted by molar-refractivity contribution is -0.142. The number of carbonyl (C=O) groups is 3. The first-order valence-corrected chi connectivity index (χ1v) is 8.39. The number of carbonyl (C=O) groups excluding carboxylic acids is 3. The van der Waals surface area contributed by atoms with Crippen LogP contribution in [0.4, 0.5) is 14.5 Å². The first-order valence-electron chi connectivity index (χ1n) is 8.39. The first-order chi connectivity index (χ1) is 13.9. The Morgan fingerprint density at radius 1 is 1.03 bits per heavy atom. The maximum Gasteiger partial charge on any atom is 0.387 e. The molecule has 0 radical (unpaired) electrons. The predicted octanol–water partition coefficient (Wildman–Crippen LogP) is 2.84. The number of anilines is 1. The summed E-state index contributed by atoms with van der Waals surface area (Å²) in [6.07, 6.45) is 2.51. The summed E-state index contributed by atoms with van der Waals surface area (Å²) in [4.78, 5) is 35.0. The highest BCUT2D eigenvalue weighted by atomic mass is 19.3. The third-order valence-electron chi connectivity index (χ3n) is 3.52. The van der Waals surface area contributed by atoms with Gasteiger partial charge in [0.15, 0.2) is 6.61 Å². The number of amides is 2. The van der Waals surface area contributed by atoms with Crippen molar-refractivity contribution < 1.29 is 32.6 Å². The minimum atomic E-state index is -2.91. The lowest BCUT2D eigenvalue weighted by Gasteiger charge is -2.06. The molecule has 2 aromatic carbocycles. The van der Waals surface area contributed by atoms with E-state index in [1.54, 1.807) is 24.3 Å². The minimum absolute atomic E-state index is 0.000228. The van der Waals surface area contributed by atoms with Gasteiger partial charge in [0, 0.05) is 24.4 Å². The molecule has 2 aromatic rings. The molecule has 152 valence electrons. The zero-order valence-corrected chi connectivity index (χ0v) is 15.4. The Kier molecular flexibility index (Phi) is 7.84. The van der Waals surface area contributed by atoms with Crippen LogP contribution >= 0.6 is 0 Å². The van der Waals surface area contributed by atoms with E-state index in [-0.39, 0.29) is 11.7 Å². The van der Waals surface area contributed by atoms with Crippen LogP contribution in [-0.4, -0.2) is 38.0 Å². The van der Waals surface area contributed by atoms with Crippen molar-refractivity contribution in [3.05, 3.63) is 65.7 Å². The van der Waals surface area contributed by atoms with Crippen molar-refractivity contribution in [3.63, 3.8) is 0 Å². The number of benzene rings is 2. The maximum atomic E-state index is 12.1. The van der Waals surface area contributed by atoms with E-state index in [4.69, 9.17) is 4.74 Å². The van der Waals surface area contributed by atoms with Gasteiger partial charge in [-0.05, 0) is 48.0 Å². The van der Waals surface area contributed by atoms with E-state index in [9.17, 15) is 23.2 Å². The second-order valence-electron chi connectivity index (χ2n) is 5.59. The number of hydrogen-bond donors (Lipinski definition) is 2. The fourth-order valence-corrected chi connectivity index (χ4v) is 2.16. The zero-order valence-electron chi connectivity index (χ0n) is 15.4. The molecule has 0 saturated carbocycles. The van der Waals surface area contributed by atoms with E-state index in [0.717, 1.165) is 6.08 Å². The molecule has 0 saturated heterocycles. The second-order valence-corrected chi connectivity index (χ2v) is 5.59. The van der Waals surface area contributed by atoms with E-state index in [1.807, 2.05) is 0 Å². The number of hydrogen-bond acceptors (Lipinski definition) is 5. The minimum Gasteiger partial charge on any atom is -0.452 e. The highest BCUT2D eigenvalue weighted by Gasteiger charge is 2.08. The van der Waals surface area contributed by atoms with Crippen molar-refractivity contribution in [2.75, 3.05) is 19.0 Å². The van der Waals surface area contributed by atoms with Crippen molar-refractivity contribution in [3.8, 4) is 5.75 Å². The Balaban J connectivity index is 1.78. The normalized spacial score (nSPS) is 10.6. The summed E-state index contributed by atoms with van der Waals surface area (Å²) >= 11 is 0. The standard InChI is InChI=1S/C20H18F2N2O5/c1-23-19(27)14-5-7-15(8-6-14)24-17(25)12-28-18(26)11-4-13-2-9-16(10-3-13)29-20(21)22/h2-11,20H,12H2,1H3,(H,23,27)(H,24,25)/b11-4+. The first kappa shape index (κ1) is 21.5. The second kappa shape index (κ2) is 10.5. The lowest BCUT2D eigenvalue weighted by atomic mass is 10.2. The van der Waals surface area contributed by atoms with Crippen molar-refractivity contribution >= 4 is 29.5 Å². The fourth-order valence-electron chi connectivity index (χ4n) is 2.16. The summed E-state index contributed by atoms with van der Waals surface area (Å²) in [6.45, 7) is -3.41. The molecule has 0 atom stereocenters. The Hall–Kier alpha value is -3.75. The molecule has 2 N–H and O–H groups in total. The van der Waals surface area contributed by atoms with Crippen LogP contribution in [0.15, 0.2) is 54.6 Å². The van der Waals surface area contributed by atoms with E-state index >= 15 is 0 Å². The van der Waals surface area contributed by atoms with Gasteiger partial charge in [-0.3, -0.25) is 9.59 Å². The summed E-state index contributed by atoms with van der Waals surface area (Å²) in [7, 11) is 1.51. The van der Waals surface area contributed by atoms with Gasteiger partial charge >= 0.3 is 12.6 Å². The van der Waals surface area contributed by atoms with Gasteiger partial charge < -0.3 is 20.1 Å². The number of rotatable bonds is 8. The van der Waals surface area contributed by atoms with Gasteiger partial charge in [-0.2, -0.15) is 8.78 Å². The van der Waals surface area contributed by atoms with E-state index in [0.29, 0.717) is 16.8 Å². The van der Waals surface area contributed by atoms with Crippen LogP contribution in [0, 0.1) is 0 Å². The molecule has 29 heavy (non-hydrogen) atoms. The topological polar surface area (TPSA) is 93.7 Å². The Morgan fingerprint density at radius 3 is 2.28 bits per heavy atom. The molecule has 9 heteroatoms. The smallest absolute Gasteiger partial charge is 0.387 e. The van der Waals surface area contributed by atoms with Gasteiger partial charge in [0.2, 0.25) is 0 Å². The van der Waals surface area contributed by atoms with Crippen LogP contribution in [0.2, 0.25) is 0 Å². The zero-order chi connectivity index (χ0) is 21.2. The van der Waals surface area contributed by atoms with Crippen molar-refractivity contribution in [1.29, 1.82) is 0 Å². The number of esters is 1. The Morgan fingerprint density at radius 2 is 1.69 bits per heavy atom. The molecule has 0 heterocycles. The molecule has 0 unspecified atom stereocenters. The van der Waals surface area contributed by atoms with Gasteiger partial charge in [-0.25, -0.2) is 4.79 Å². The molecule has 7 nitrogen and oxygen atoms in total. The van der Waals surface area contributed by atoms with E-state index in [2.05, 4.69) is 15.4 Å². The summed E-state index contributed by atoms with van der Waals surface area (Å²) in [5.41, 5.74) is 1.44. The molecule has 2 amide bonds. The molecule has 0 aliphatic rings. The highest BCUT2D eigenvalue weighted by Crippen LogP contribution is 2.15. The number of alkyl halides is 2. The molecular weight excluding hydrogens is 386 g/mol. The van der Waals surface area contributed by atoms with Gasteiger partial charge in [0.1, 0.15) is 5.75 Å². The summed E-state index contributed by atoms with van der Waals surface area (Å²) in [5, 5.41) is 5.01. The SMILES string of the molecule is CNC(=O)c1ccc(NC(=O)COC(=O)/C=C/c2ccc(OC(F)F)cc2)cc1. The third kappa shape index (κ3) is 7.41. The van der Waals surface area contributed by atoms with Crippen LogP contribution in [0.1, 0.15) is 15.9 Å². The number of halogens is 2. The summed E-state index contributed by atoms with van der Waals surface area (Å²) in [6, 6.07) is 11.8. The van der Waals surface area contributed by atoms with E-state index in [1.165, 1.54) is 37.4 Å². The Labute approximate surface area is 165 Å². The summed E-state index contributed by atoms with van der Waals surface area (Å²) in [5.74, 6) is -1.55. The van der Waals surface area contributed by atoms with Crippen molar-refractivity contribution in [2.24, 2.45) is 0 Å². The molecular formula is C20H18F2N2O5. The molecule has 0 aliphatic carbocycles. The average molecular weight is 404 g/mol. The Bertz CT molecular complexity index is 881.